The van der Waals surface area contributed by atoms with E-state index in [4.69, 9.17) is 36.3 Å². The smallest absolute Gasteiger partial charge is 0.410 e. The van der Waals surface area contributed by atoms with Crippen LogP contribution >= 0.6 is 11.6 Å². The molecule has 9 heteroatoms. The van der Waals surface area contributed by atoms with Gasteiger partial charge in [0.05, 0.1) is 17.3 Å². The Hall–Kier alpha value is -2.19. The number of nitrogens with zero attached hydrogens (tertiary/aromatic N) is 1. The van der Waals surface area contributed by atoms with Crippen LogP contribution in [-0.4, -0.2) is 60.6 Å². The molecule has 1 aromatic rings. The summed E-state index contributed by atoms with van der Waals surface area (Å²) in [6.45, 7) is 9.92. The number of piperidine rings is 1. The minimum atomic E-state index is -0.592. The molecule has 2 heterocycles. The van der Waals surface area contributed by atoms with Crippen LogP contribution < -0.4 is 10.5 Å². The van der Waals surface area contributed by atoms with E-state index in [2.05, 4.69) is 0 Å². The maximum absolute atomic E-state index is 13.0. The van der Waals surface area contributed by atoms with Crippen molar-refractivity contribution >= 4 is 29.4 Å². The third-order valence-electron chi connectivity index (χ3n) is 5.28. The van der Waals surface area contributed by atoms with Crippen molar-refractivity contribution in [2.75, 3.05) is 25.9 Å². The van der Waals surface area contributed by atoms with E-state index in [9.17, 15) is 9.59 Å². The Labute approximate surface area is 187 Å². The van der Waals surface area contributed by atoms with Gasteiger partial charge in [-0.15, -0.1) is 0 Å². The topological polar surface area (TPSA) is 100 Å². The van der Waals surface area contributed by atoms with Crippen molar-refractivity contribution in [3.05, 3.63) is 22.2 Å². The van der Waals surface area contributed by atoms with E-state index in [-0.39, 0.29) is 17.1 Å². The lowest BCUT2D eigenvalue weighted by Crippen LogP contribution is -2.52. The predicted octanol–water partition coefficient (Wildman–Crippen LogP) is 3.82. The highest BCUT2D eigenvalue weighted by atomic mass is 35.5. The fraction of sp³-hybridized carbons (Fsp3) is 0.636. The molecule has 0 bridgehead atoms. The van der Waals surface area contributed by atoms with Crippen LogP contribution in [0.3, 0.4) is 0 Å². The lowest BCUT2D eigenvalue weighted by atomic mass is 9.98. The van der Waals surface area contributed by atoms with E-state index in [0.717, 1.165) is 0 Å². The summed E-state index contributed by atoms with van der Waals surface area (Å²) in [5, 5.41) is 0.287. The largest absolute Gasteiger partial charge is 0.486 e. The molecule has 2 atom stereocenters. The van der Waals surface area contributed by atoms with Crippen molar-refractivity contribution < 1.29 is 28.5 Å². The van der Waals surface area contributed by atoms with E-state index in [1.54, 1.807) is 4.90 Å². The number of rotatable bonds is 3. The SMILES string of the molecule is COC1CN(C(=O)OC(C)(C)C)CCC1OC(=O)c1cc(Cl)c(N)c2c1OC(C)(C)C2. The molecule has 1 fully saturated rings. The number of amides is 1. The number of anilines is 1. The van der Waals surface area contributed by atoms with Gasteiger partial charge in [0.15, 0.2) is 0 Å². The number of carbonyl (C=O) groups is 2. The average Bonchev–Trinajstić information content (AvgIpc) is 2.99. The molecule has 0 radical (unpaired) electrons. The first-order chi connectivity index (χ1) is 14.3. The van der Waals surface area contributed by atoms with Gasteiger partial charge in [-0.2, -0.15) is 0 Å². The van der Waals surface area contributed by atoms with Crippen LogP contribution in [0.15, 0.2) is 6.07 Å². The third-order valence-corrected chi connectivity index (χ3v) is 5.60. The molecule has 0 aliphatic carbocycles. The maximum Gasteiger partial charge on any atom is 0.410 e. The maximum atomic E-state index is 13.0. The normalized spacial score (nSPS) is 22.5. The van der Waals surface area contributed by atoms with Crippen LogP contribution in [0.2, 0.25) is 5.02 Å². The Bertz CT molecular complexity index is 880. The first-order valence-electron chi connectivity index (χ1n) is 10.3. The van der Waals surface area contributed by atoms with Crippen molar-refractivity contribution in [2.45, 2.75) is 70.9 Å². The highest BCUT2D eigenvalue weighted by Gasteiger charge is 2.39. The van der Waals surface area contributed by atoms with Crippen molar-refractivity contribution in [3.63, 3.8) is 0 Å². The molecule has 1 saturated heterocycles. The van der Waals surface area contributed by atoms with Crippen molar-refractivity contribution in [1.29, 1.82) is 0 Å². The number of methoxy groups -OCH3 is 1. The van der Waals surface area contributed by atoms with Gasteiger partial charge in [-0.3, -0.25) is 0 Å². The molecular formula is C22H31ClN2O6. The quantitative estimate of drug-likeness (QED) is 0.547. The lowest BCUT2D eigenvalue weighted by Gasteiger charge is -2.37. The molecule has 2 aliphatic heterocycles. The summed E-state index contributed by atoms with van der Waals surface area (Å²) in [5.41, 5.74) is 6.39. The van der Waals surface area contributed by atoms with Crippen molar-refractivity contribution in [3.8, 4) is 5.75 Å². The number of hydrogen-bond acceptors (Lipinski definition) is 7. The summed E-state index contributed by atoms with van der Waals surface area (Å²) in [4.78, 5) is 27.0. The molecule has 2 aliphatic rings. The minimum Gasteiger partial charge on any atom is -0.486 e. The van der Waals surface area contributed by atoms with Gasteiger partial charge in [-0.05, 0) is 40.7 Å². The molecular weight excluding hydrogens is 424 g/mol. The Morgan fingerprint density at radius 3 is 2.58 bits per heavy atom. The average molecular weight is 455 g/mol. The van der Waals surface area contributed by atoms with Crippen LogP contribution in [0, 0.1) is 0 Å². The van der Waals surface area contributed by atoms with Gasteiger partial charge in [0.25, 0.3) is 0 Å². The van der Waals surface area contributed by atoms with E-state index >= 15 is 0 Å². The first kappa shape index (κ1) is 23.5. The van der Waals surface area contributed by atoms with Gasteiger partial charge in [0.1, 0.15) is 34.7 Å². The summed E-state index contributed by atoms with van der Waals surface area (Å²) in [7, 11) is 1.52. The molecule has 8 nitrogen and oxygen atoms in total. The minimum absolute atomic E-state index is 0.240. The van der Waals surface area contributed by atoms with E-state index in [1.165, 1.54) is 13.2 Å². The zero-order valence-electron chi connectivity index (χ0n) is 18.9. The Morgan fingerprint density at radius 2 is 1.97 bits per heavy atom. The van der Waals surface area contributed by atoms with Crippen LogP contribution in [-0.2, 0) is 20.6 Å². The molecule has 1 aromatic carbocycles. The number of ether oxygens (including phenoxy) is 4. The number of likely N-dealkylation sites (tertiary alicyclic amines) is 1. The molecule has 172 valence electrons. The number of esters is 1. The summed E-state index contributed by atoms with van der Waals surface area (Å²) < 4.78 is 22.7. The number of nitrogens with two attached hydrogens (primary N) is 1. The van der Waals surface area contributed by atoms with Crippen molar-refractivity contribution in [2.24, 2.45) is 0 Å². The van der Waals surface area contributed by atoms with E-state index < -0.39 is 35.5 Å². The Balaban J connectivity index is 1.74. The fourth-order valence-corrected chi connectivity index (χ4v) is 4.05. The number of halogens is 1. The first-order valence-corrected chi connectivity index (χ1v) is 10.7. The summed E-state index contributed by atoms with van der Waals surface area (Å²) in [5.74, 6) is -0.148. The van der Waals surface area contributed by atoms with Crippen LogP contribution in [0.4, 0.5) is 10.5 Å². The molecule has 1 amide bonds. The highest BCUT2D eigenvalue weighted by molar-refractivity contribution is 6.33. The second kappa shape index (κ2) is 8.39. The summed E-state index contributed by atoms with van der Waals surface area (Å²) in [6.07, 6.45) is -0.472. The monoisotopic (exact) mass is 454 g/mol. The van der Waals surface area contributed by atoms with Crippen LogP contribution in [0.5, 0.6) is 5.75 Å². The molecule has 0 spiro atoms. The van der Waals surface area contributed by atoms with Gasteiger partial charge in [-0.25, -0.2) is 9.59 Å². The number of carbonyl (C=O) groups excluding carboxylic acids is 2. The number of fused-ring (bicyclic) bond motifs is 1. The summed E-state index contributed by atoms with van der Waals surface area (Å²) >= 11 is 6.27. The summed E-state index contributed by atoms with van der Waals surface area (Å²) in [6, 6.07) is 1.48. The third kappa shape index (κ3) is 5.18. The van der Waals surface area contributed by atoms with Crippen LogP contribution in [0.25, 0.3) is 0 Å². The van der Waals surface area contributed by atoms with Gasteiger partial charge in [0, 0.05) is 32.1 Å². The molecule has 31 heavy (non-hydrogen) atoms. The predicted molar refractivity (Wildman–Crippen MR) is 117 cm³/mol. The molecule has 3 rings (SSSR count). The standard InChI is InChI=1S/C22H31ClN2O6/c1-21(2,3)31-20(27)25-8-7-15(16(11-25)28-6)29-19(26)12-9-14(23)17(24)13-10-22(4,5)30-18(12)13/h9,15-16H,7-8,10-11,24H2,1-6H3. The zero-order chi connectivity index (χ0) is 23.1. The zero-order valence-corrected chi connectivity index (χ0v) is 19.7. The molecule has 0 aromatic heterocycles. The molecule has 0 saturated carbocycles. The van der Waals surface area contributed by atoms with Gasteiger partial charge in [0.2, 0.25) is 0 Å². The van der Waals surface area contributed by atoms with Gasteiger partial charge >= 0.3 is 12.1 Å². The van der Waals surface area contributed by atoms with Gasteiger partial charge < -0.3 is 29.6 Å². The Morgan fingerprint density at radius 1 is 1.29 bits per heavy atom. The van der Waals surface area contributed by atoms with E-state index in [1.807, 2.05) is 34.6 Å². The van der Waals surface area contributed by atoms with E-state index in [0.29, 0.717) is 36.4 Å². The highest BCUT2D eigenvalue weighted by Crippen LogP contribution is 2.44. The number of hydrogen-bond donors (Lipinski definition) is 1. The molecule has 2 unspecified atom stereocenters. The number of nitrogen functional groups attached to an aromatic ring is 1. The second-order valence-electron chi connectivity index (χ2n) is 9.60. The lowest BCUT2D eigenvalue weighted by molar-refractivity contribution is -0.0748. The van der Waals surface area contributed by atoms with Crippen LogP contribution in [0.1, 0.15) is 57.0 Å². The van der Waals surface area contributed by atoms with Gasteiger partial charge in [-0.1, -0.05) is 11.6 Å². The molecule has 2 N–H and O–H groups in total. The van der Waals surface area contributed by atoms with Crippen molar-refractivity contribution in [1.82, 2.24) is 4.90 Å². The Kier molecular flexibility index (Phi) is 6.35. The fourth-order valence-electron chi connectivity index (χ4n) is 3.83. The second-order valence-corrected chi connectivity index (χ2v) is 10.0. The number of benzene rings is 1.